The van der Waals surface area contributed by atoms with E-state index in [2.05, 4.69) is 14.8 Å². The zero-order valence-corrected chi connectivity index (χ0v) is 11.0. The van der Waals surface area contributed by atoms with Gasteiger partial charge in [0.25, 0.3) is 0 Å². The molecule has 1 saturated heterocycles. The van der Waals surface area contributed by atoms with Gasteiger partial charge in [0.15, 0.2) is 5.78 Å². The summed E-state index contributed by atoms with van der Waals surface area (Å²) in [7, 11) is -0.788. The molecule has 1 nitrogen and oxygen atoms in total. The molecule has 1 aromatic carbocycles. The van der Waals surface area contributed by atoms with Crippen molar-refractivity contribution in [2.24, 2.45) is 0 Å². The van der Waals surface area contributed by atoms with Gasteiger partial charge in [-0.3, -0.25) is 4.79 Å². The van der Waals surface area contributed by atoms with Crippen LogP contribution in [0, 0.1) is 0 Å². The number of halogens is 1. The van der Waals surface area contributed by atoms with Crippen LogP contribution >= 0.6 is 23.3 Å². The van der Waals surface area contributed by atoms with Crippen LogP contribution in [0.5, 0.6) is 0 Å². The largest absolute Gasteiger partial charge is 0.293 e. The molecule has 1 fully saturated rings. The van der Waals surface area contributed by atoms with Crippen LogP contribution in [-0.2, 0) is 0 Å². The number of hydrogen-bond acceptors (Lipinski definition) is 1. The summed E-state index contributed by atoms with van der Waals surface area (Å²) in [5.41, 5.74) is 0.857. The van der Waals surface area contributed by atoms with Gasteiger partial charge in [0.1, 0.15) is 0 Å². The number of rotatable bonds is 3. The van der Waals surface area contributed by atoms with Gasteiger partial charge in [0.2, 0.25) is 0 Å². The molecular formula is C12H15BrOS. The Kier molecular flexibility index (Phi) is 3.52. The molecule has 0 aliphatic carbocycles. The van der Waals surface area contributed by atoms with E-state index in [1.807, 2.05) is 30.3 Å². The Bertz CT molecular complexity index is 344. The minimum Gasteiger partial charge on any atom is -0.293 e. The second kappa shape index (κ2) is 4.71. The van der Waals surface area contributed by atoms with Gasteiger partial charge in [-0.2, -0.15) is 8.46 Å². The molecular weight excluding hydrogens is 272 g/mol. The molecule has 0 spiro atoms. The highest BCUT2D eigenvalue weighted by molar-refractivity contribution is 9.58. The maximum absolute atomic E-state index is 12.0. The lowest BCUT2D eigenvalue weighted by molar-refractivity contribution is 0.102. The predicted molar refractivity (Wildman–Crippen MR) is 71.1 cm³/mol. The summed E-state index contributed by atoms with van der Waals surface area (Å²) in [5, 5.41) is 0. The molecule has 15 heavy (non-hydrogen) atoms. The molecule has 3 heteroatoms. The number of carbonyl (C=O) groups excluding carboxylic acids is 1. The molecule has 0 bridgehead atoms. The summed E-state index contributed by atoms with van der Waals surface area (Å²) >= 11 is 3.81. The van der Waals surface area contributed by atoms with Crippen molar-refractivity contribution in [1.29, 1.82) is 0 Å². The summed E-state index contributed by atoms with van der Waals surface area (Å²) < 4.78 is 0. The Morgan fingerprint density at radius 3 is 2.40 bits per heavy atom. The van der Waals surface area contributed by atoms with Crippen molar-refractivity contribution in [3.8, 4) is 0 Å². The summed E-state index contributed by atoms with van der Waals surface area (Å²) in [5.74, 6) is 3.44. The Morgan fingerprint density at radius 1 is 1.20 bits per heavy atom. The fourth-order valence-electron chi connectivity index (χ4n) is 1.91. The Labute approximate surface area is 99.8 Å². The smallest absolute Gasteiger partial charge is 0.171 e. The first kappa shape index (κ1) is 11.2. The highest BCUT2D eigenvalue weighted by Crippen LogP contribution is 2.60. The molecule has 0 N–H and O–H groups in total. The van der Waals surface area contributed by atoms with E-state index in [-0.39, 0.29) is 0 Å². The van der Waals surface area contributed by atoms with Gasteiger partial charge in [-0.15, -0.1) is 0 Å². The number of Topliss-reactive ketones (excluding diaryl/α,β-unsaturated/α-hetero) is 1. The van der Waals surface area contributed by atoms with E-state index in [1.54, 1.807) is 0 Å². The monoisotopic (exact) mass is 286 g/mol. The molecule has 0 radical (unpaired) electrons. The molecule has 0 saturated carbocycles. The van der Waals surface area contributed by atoms with Crippen molar-refractivity contribution in [3.05, 3.63) is 35.9 Å². The van der Waals surface area contributed by atoms with Crippen LogP contribution in [0.1, 0.15) is 23.2 Å². The lowest BCUT2D eigenvalue weighted by atomic mass is 10.2. The van der Waals surface area contributed by atoms with E-state index in [4.69, 9.17) is 0 Å². The van der Waals surface area contributed by atoms with Gasteiger partial charge >= 0.3 is 0 Å². The standard InChI is InChI=1S/C12H15BrOS/c13-15(8-4-5-9-15)10-12(14)11-6-2-1-3-7-11/h1-3,6-7H,4-5,8-10H2. The average molecular weight is 287 g/mol. The fourth-order valence-corrected chi connectivity index (χ4v) is 6.48. The topological polar surface area (TPSA) is 17.1 Å². The van der Waals surface area contributed by atoms with Gasteiger partial charge in [-0.1, -0.05) is 30.3 Å². The maximum atomic E-state index is 12.0. The van der Waals surface area contributed by atoms with Crippen molar-refractivity contribution in [3.63, 3.8) is 0 Å². The second-order valence-electron chi connectivity index (χ2n) is 3.99. The number of benzene rings is 1. The molecule has 0 amide bonds. The van der Waals surface area contributed by atoms with Crippen molar-refractivity contribution in [2.45, 2.75) is 12.8 Å². The summed E-state index contributed by atoms with van der Waals surface area (Å²) in [6.45, 7) is 0. The number of ketones is 1. The maximum Gasteiger partial charge on any atom is 0.171 e. The molecule has 1 aromatic rings. The van der Waals surface area contributed by atoms with Gasteiger partial charge in [-0.05, 0) is 39.2 Å². The first-order valence-corrected chi connectivity index (χ1v) is 9.22. The molecule has 0 unspecified atom stereocenters. The Morgan fingerprint density at radius 2 is 1.80 bits per heavy atom. The number of carbonyl (C=O) groups is 1. The third kappa shape index (κ3) is 2.85. The second-order valence-corrected chi connectivity index (χ2v) is 11.1. The number of hydrogen-bond donors (Lipinski definition) is 0. The van der Waals surface area contributed by atoms with Crippen LogP contribution in [0.4, 0.5) is 0 Å². The Balaban J connectivity index is 2.04. The van der Waals surface area contributed by atoms with E-state index in [0.717, 1.165) is 11.3 Å². The Hall–Kier alpha value is -0.280. The summed E-state index contributed by atoms with van der Waals surface area (Å²) in [4.78, 5) is 12.0. The SMILES string of the molecule is O=C(CS1(Br)CCCC1)c1ccccc1. The molecule has 1 heterocycles. The van der Waals surface area contributed by atoms with Gasteiger partial charge in [0, 0.05) is 5.56 Å². The molecule has 1 aliphatic heterocycles. The van der Waals surface area contributed by atoms with Crippen LogP contribution in [0.25, 0.3) is 0 Å². The predicted octanol–water partition coefficient (Wildman–Crippen LogP) is 3.78. The highest BCUT2D eigenvalue weighted by Gasteiger charge is 2.28. The third-order valence-corrected chi connectivity index (χ3v) is 8.21. The normalized spacial score (nSPS) is 21.1. The van der Waals surface area contributed by atoms with Crippen LogP contribution in [0.3, 0.4) is 0 Å². The summed E-state index contributed by atoms with van der Waals surface area (Å²) in [6.07, 6.45) is 2.56. The van der Waals surface area contributed by atoms with Crippen LogP contribution in [0.2, 0.25) is 0 Å². The van der Waals surface area contributed by atoms with Crippen molar-refractivity contribution < 1.29 is 4.79 Å². The van der Waals surface area contributed by atoms with Crippen molar-refractivity contribution in [1.82, 2.24) is 0 Å². The zero-order valence-electron chi connectivity index (χ0n) is 8.62. The highest BCUT2D eigenvalue weighted by atomic mass is 79.9. The minimum atomic E-state index is -0.788. The lowest BCUT2D eigenvalue weighted by Crippen LogP contribution is -2.11. The third-order valence-electron chi connectivity index (χ3n) is 2.76. The van der Waals surface area contributed by atoms with Crippen LogP contribution in [-0.4, -0.2) is 23.0 Å². The zero-order chi connectivity index (χ0) is 10.7. The van der Waals surface area contributed by atoms with E-state index >= 15 is 0 Å². The van der Waals surface area contributed by atoms with E-state index in [0.29, 0.717) is 5.78 Å². The fraction of sp³-hybridized carbons (Fsp3) is 0.417. The average Bonchev–Trinajstić information content (AvgIpc) is 2.66. The molecule has 2 rings (SSSR count). The molecule has 82 valence electrons. The van der Waals surface area contributed by atoms with Crippen LogP contribution < -0.4 is 0 Å². The minimum absolute atomic E-state index is 0.296. The van der Waals surface area contributed by atoms with Crippen molar-refractivity contribution in [2.75, 3.05) is 17.3 Å². The van der Waals surface area contributed by atoms with Gasteiger partial charge in [0.05, 0.1) is 5.75 Å². The molecule has 0 aromatic heterocycles. The van der Waals surface area contributed by atoms with Gasteiger partial charge < -0.3 is 0 Å². The molecule has 0 atom stereocenters. The quantitative estimate of drug-likeness (QED) is 0.773. The van der Waals surface area contributed by atoms with E-state index in [9.17, 15) is 4.79 Å². The van der Waals surface area contributed by atoms with E-state index in [1.165, 1.54) is 24.3 Å². The van der Waals surface area contributed by atoms with E-state index < -0.39 is 8.46 Å². The lowest BCUT2D eigenvalue weighted by Gasteiger charge is -2.26. The molecule has 1 aliphatic rings. The first-order chi connectivity index (χ1) is 7.20. The summed E-state index contributed by atoms with van der Waals surface area (Å²) in [6, 6.07) is 9.62. The van der Waals surface area contributed by atoms with Crippen LogP contribution in [0.15, 0.2) is 30.3 Å². The van der Waals surface area contributed by atoms with Crippen molar-refractivity contribution >= 4 is 29.1 Å². The first-order valence-electron chi connectivity index (χ1n) is 5.24. The van der Waals surface area contributed by atoms with Gasteiger partial charge in [-0.25, -0.2) is 0 Å².